The largest absolute Gasteiger partial charge is 0.348 e. The third kappa shape index (κ3) is 1.12. The molecule has 2 nitrogen and oxygen atoms in total. The van der Waals surface area contributed by atoms with Crippen LogP contribution in [0, 0.1) is 6.92 Å². The highest BCUT2D eigenvalue weighted by Crippen LogP contribution is 2.22. The molecule has 1 aliphatic rings. The van der Waals surface area contributed by atoms with Crippen LogP contribution in [0.2, 0.25) is 0 Å². The molecular weight excluding hydrogens is 156 g/mol. The van der Waals surface area contributed by atoms with E-state index in [-0.39, 0.29) is 0 Å². The molecule has 2 rings (SSSR count). The number of thiocarbonyl (C=S) groups is 1. The molecule has 1 N–H and O–H groups in total. The van der Waals surface area contributed by atoms with E-state index in [0.717, 1.165) is 22.8 Å². The number of anilines is 1. The molecule has 0 unspecified atom stereocenters. The predicted molar refractivity (Wildman–Crippen MR) is 48.9 cm³/mol. The monoisotopic (exact) mass is 164 g/mol. The molecule has 0 amide bonds. The minimum Gasteiger partial charge on any atom is -0.348 e. The highest BCUT2D eigenvalue weighted by Gasteiger charge is 2.13. The van der Waals surface area contributed by atoms with Crippen LogP contribution in [-0.2, 0) is 6.42 Å². The minimum atomic E-state index is 0.869. The zero-order valence-corrected chi connectivity index (χ0v) is 7.03. The fourth-order valence-electron chi connectivity index (χ4n) is 1.24. The molecule has 1 aromatic rings. The lowest BCUT2D eigenvalue weighted by atomic mass is 10.2. The number of aromatic nitrogens is 1. The quantitative estimate of drug-likeness (QED) is 0.591. The molecule has 1 aliphatic heterocycles. The second-order valence-corrected chi connectivity index (χ2v) is 3.20. The number of nitrogens with one attached hydrogen (secondary N) is 1. The zero-order valence-electron chi connectivity index (χ0n) is 6.22. The van der Waals surface area contributed by atoms with Crippen molar-refractivity contribution in [3.63, 3.8) is 0 Å². The van der Waals surface area contributed by atoms with Gasteiger partial charge in [-0.3, -0.25) is 4.98 Å². The van der Waals surface area contributed by atoms with E-state index in [1.165, 1.54) is 5.56 Å². The number of fused-ring (bicyclic) bond motifs is 1. The number of hydrogen-bond acceptors (Lipinski definition) is 2. The fourth-order valence-corrected chi connectivity index (χ4v) is 1.51. The molecule has 0 spiro atoms. The average molecular weight is 164 g/mol. The molecule has 0 aromatic carbocycles. The van der Waals surface area contributed by atoms with E-state index in [4.69, 9.17) is 12.2 Å². The summed E-state index contributed by atoms with van der Waals surface area (Å²) in [5.74, 6) is 0. The van der Waals surface area contributed by atoms with Gasteiger partial charge in [-0.05, 0) is 18.6 Å². The SMILES string of the molecule is Cc1cc2c(cn1)NC(=S)C2. The Morgan fingerprint density at radius 1 is 1.64 bits per heavy atom. The van der Waals surface area contributed by atoms with Crippen LogP contribution >= 0.6 is 12.2 Å². The number of aryl methyl sites for hydroxylation is 1. The van der Waals surface area contributed by atoms with Crippen molar-refractivity contribution in [1.29, 1.82) is 0 Å². The van der Waals surface area contributed by atoms with Gasteiger partial charge in [-0.15, -0.1) is 0 Å². The molecule has 0 saturated heterocycles. The van der Waals surface area contributed by atoms with E-state index in [9.17, 15) is 0 Å². The lowest BCUT2D eigenvalue weighted by Gasteiger charge is -1.97. The van der Waals surface area contributed by atoms with Crippen molar-refractivity contribution < 1.29 is 0 Å². The van der Waals surface area contributed by atoms with Crippen LogP contribution in [-0.4, -0.2) is 9.97 Å². The molecule has 56 valence electrons. The van der Waals surface area contributed by atoms with Gasteiger partial charge < -0.3 is 5.32 Å². The Morgan fingerprint density at radius 3 is 3.27 bits per heavy atom. The van der Waals surface area contributed by atoms with Gasteiger partial charge in [0.05, 0.1) is 16.9 Å². The summed E-state index contributed by atoms with van der Waals surface area (Å²) in [6.07, 6.45) is 2.71. The Bertz CT molecular complexity index is 320. The molecule has 0 atom stereocenters. The van der Waals surface area contributed by atoms with Gasteiger partial charge in [-0.1, -0.05) is 12.2 Å². The average Bonchev–Trinajstić information content (AvgIpc) is 2.27. The van der Waals surface area contributed by atoms with E-state index in [0.29, 0.717) is 0 Å². The molecule has 1 aromatic heterocycles. The van der Waals surface area contributed by atoms with Crippen molar-refractivity contribution >= 4 is 22.9 Å². The van der Waals surface area contributed by atoms with Crippen LogP contribution in [0.1, 0.15) is 11.3 Å². The Morgan fingerprint density at radius 2 is 2.45 bits per heavy atom. The molecule has 0 bridgehead atoms. The number of hydrogen-bond donors (Lipinski definition) is 1. The lowest BCUT2D eigenvalue weighted by molar-refractivity contribution is 1.18. The third-order valence-electron chi connectivity index (χ3n) is 1.75. The molecule has 11 heavy (non-hydrogen) atoms. The first-order valence-electron chi connectivity index (χ1n) is 3.51. The fraction of sp³-hybridized carbons (Fsp3) is 0.250. The second kappa shape index (κ2) is 2.27. The summed E-state index contributed by atoms with van der Waals surface area (Å²) in [7, 11) is 0. The standard InChI is InChI=1S/C8H8N2S/c1-5-2-6-3-8(11)10-7(6)4-9-5/h2,4H,3H2,1H3,(H,10,11). The van der Waals surface area contributed by atoms with Crippen molar-refractivity contribution in [2.45, 2.75) is 13.3 Å². The van der Waals surface area contributed by atoms with Gasteiger partial charge in [0, 0.05) is 12.1 Å². The van der Waals surface area contributed by atoms with E-state index >= 15 is 0 Å². The van der Waals surface area contributed by atoms with Gasteiger partial charge in [-0.25, -0.2) is 0 Å². The predicted octanol–water partition coefficient (Wildman–Crippen LogP) is 1.69. The van der Waals surface area contributed by atoms with Crippen LogP contribution in [0.4, 0.5) is 5.69 Å². The van der Waals surface area contributed by atoms with Crippen molar-refractivity contribution in [3.05, 3.63) is 23.5 Å². The summed E-state index contributed by atoms with van der Waals surface area (Å²) in [6.45, 7) is 1.99. The highest BCUT2D eigenvalue weighted by atomic mass is 32.1. The molecule has 0 fully saturated rings. The smallest absolute Gasteiger partial charge is 0.0842 e. The summed E-state index contributed by atoms with van der Waals surface area (Å²) in [5.41, 5.74) is 3.39. The summed E-state index contributed by atoms with van der Waals surface area (Å²) in [6, 6.07) is 2.07. The van der Waals surface area contributed by atoms with Crippen LogP contribution in [0.5, 0.6) is 0 Å². The third-order valence-corrected chi connectivity index (χ3v) is 2.00. The summed E-state index contributed by atoms with van der Waals surface area (Å²) >= 11 is 5.03. The van der Waals surface area contributed by atoms with Crippen molar-refractivity contribution in [2.75, 3.05) is 5.32 Å². The Labute approximate surface area is 70.6 Å². The Kier molecular flexibility index (Phi) is 1.39. The summed E-state index contributed by atoms with van der Waals surface area (Å²) in [4.78, 5) is 5.06. The first-order valence-corrected chi connectivity index (χ1v) is 3.92. The van der Waals surface area contributed by atoms with Crippen molar-refractivity contribution in [3.8, 4) is 0 Å². The first kappa shape index (κ1) is 6.73. The zero-order chi connectivity index (χ0) is 7.84. The maximum atomic E-state index is 5.03. The van der Waals surface area contributed by atoms with Crippen molar-refractivity contribution in [2.24, 2.45) is 0 Å². The van der Waals surface area contributed by atoms with E-state index < -0.39 is 0 Å². The number of pyridine rings is 1. The normalized spacial score (nSPS) is 14.5. The maximum absolute atomic E-state index is 5.03. The summed E-state index contributed by atoms with van der Waals surface area (Å²) in [5, 5.41) is 3.09. The van der Waals surface area contributed by atoms with Gasteiger partial charge in [0.25, 0.3) is 0 Å². The summed E-state index contributed by atoms with van der Waals surface area (Å²) < 4.78 is 0. The molecule has 3 heteroatoms. The lowest BCUT2D eigenvalue weighted by Crippen LogP contribution is -2.00. The topological polar surface area (TPSA) is 24.9 Å². The molecular formula is C8H8N2S. The minimum absolute atomic E-state index is 0.869. The Balaban J connectivity index is 2.51. The first-order chi connectivity index (χ1) is 5.25. The molecule has 2 heterocycles. The van der Waals surface area contributed by atoms with Gasteiger partial charge in [0.15, 0.2) is 0 Å². The number of nitrogens with zero attached hydrogens (tertiary/aromatic N) is 1. The van der Waals surface area contributed by atoms with E-state index in [1.807, 2.05) is 13.1 Å². The second-order valence-electron chi connectivity index (χ2n) is 2.71. The number of rotatable bonds is 0. The molecule has 0 saturated carbocycles. The molecule has 0 radical (unpaired) electrons. The van der Waals surface area contributed by atoms with E-state index in [2.05, 4.69) is 16.4 Å². The van der Waals surface area contributed by atoms with Crippen LogP contribution < -0.4 is 5.32 Å². The Hall–Kier alpha value is -0.960. The van der Waals surface area contributed by atoms with Gasteiger partial charge in [0.1, 0.15) is 0 Å². The highest BCUT2D eigenvalue weighted by molar-refractivity contribution is 7.80. The van der Waals surface area contributed by atoms with Crippen LogP contribution in [0.15, 0.2) is 12.3 Å². The van der Waals surface area contributed by atoms with E-state index in [1.54, 1.807) is 0 Å². The molecule has 0 aliphatic carbocycles. The van der Waals surface area contributed by atoms with Crippen LogP contribution in [0.3, 0.4) is 0 Å². The van der Waals surface area contributed by atoms with Gasteiger partial charge >= 0.3 is 0 Å². The van der Waals surface area contributed by atoms with Crippen LogP contribution in [0.25, 0.3) is 0 Å². The van der Waals surface area contributed by atoms with Crippen molar-refractivity contribution in [1.82, 2.24) is 4.98 Å². The maximum Gasteiger partial charge on any atom is 0.0842 e. The van der Waals surface area contributed by atoms with Gasteiger partial charge in [-0.2, -0.15) is 0 Å². The van der Waals surface area contributed by atoms with Gasteiger partial charge in [0.2, 0.25) is 0 Å².